The van der Waals surface area contributed by atoms with Crippen LogP contribution in [0.4, 0.5) is 0 Å². The summed E-state index contributed by atoms with van der Waals surface area (Å²) in [7, 11) is 0. The third kappa shape index (κ3) is 195. The molecule has 0 saturated heterocycles. The zero-order valence-corrected chi connectivity index (χ0v) is 103. The van der Waals surface area contributed by atoms with E-state index >= 15 is 0 Å². The lowest BCUT2D eigenvalue weighted by Crippen LogP contribution is -2.20. The lowest BCUT2D eigenvalue weighted by Gasteiger charge is -2.33. The zero-order valence-electron chi connectivity index (χ0n) is 103. The molecule has 3 unspecified atom stereocenters. The molecule has 0 spiro atoms. The molecule has 0 fully saturated rings. The molecule has 0 rings (SSSR count). The predicted molar refractivity (Wildman–Crippen MR) is 641 cm³/mol. The van der Waals surface area contributed by atoms with Gasteiger partial charge in [0.25, 0.3) is 0 Å². The van der Waals surface area contributed by atoms with Gasteiger partial charge in [-0.05, 0) is 60.7 Å². The van der Waals surface area contributed by atoms with Crippen molar-refractivity contribution in [2.24, 2.45) is 35.0 Å². The molecule has 0 radical (unpaired) electrons. The van der Waals surface area contributed by atoms with Crippen LogP contribution in [0.3, 0.4) is 0 Å². The van der Waals surface area contributed by atoms with Gasteiger partial charge in [-0.2, -0.15) is 0 Å². The summed E-state index contributed by atoms with van der Waals surface area (Å²) in [6, 6.07) is 0. The van der Waals surface area contributed by atoms with Gasteiger partial charge in [0.05, 0.1) is 0 Å². The Balaban J connectivity index is -0.000000108. The van der Waals surface area contributed by atoms with E-state index in [2.05, 4.69) is 228 Å². The van der Waals surface area contributed by atoms with Gasteiger partial charge < -0.3 is 0 Å². The van der Waals surface area contributed by atoms with Gasteiger partial charge in [-0.1, -0.05) is 806 Å². The lowest BCUT2D eigenvalue weighted by molar-refractivity contribution is 0.190. The number of unbranched alkanes of at least 4 members (excludes halogenated alkanes) is 56. The van der Waals surface area contributed by atoms with Crippen LogP contribution in [0.25, 0.3) is 0 Å². The molecule has 0 heterocycles. The van der Waals surface area contributed by atoms with Crippen molar-refractivity contribution in [1.29, 1.82) is 0 Å². The Kier molecular flexibility index (Phi) is 207. The monoisotopic (exact) mass is 1890 g/mol. The first-order valence-electron chi connectivity index (χ1n) is 64.8. The molecule has 3 atom stereocenters. The van der Waals surface area contributed by atoms with Crippen molar-refractivity contribution < 1.29 is 0 Å². The second kappa shape index (κ2) is 171. The maximum absolute atomic E-state index is 2.44. The highest BCUT2D eigenvalue weighted by Gasteiger charge is 2.26. The SMILES string of the molecule is CCCC.CCCC(C)CC.CCCC(CCC)(CCC)CCC.CCCC(CCC)CCC.CCCCCC.CCCCCC(C)CCCC.CCCCCC(CCCCC)CCCCC.CCCCCCC.CCCCCCCC.CCCCCCCC(C)CCCCCC.CCCCCCCCCC.CCCCCCCCCCC.CCCCCCCCCCCCCCC. The normalized spacial score (nSPS) is 11.2. The highest BCUT2D eigenvalue weighted by molar-refractivity contribution is 4.78. The van der Waals surface area contributed by atoms with Crippen LogP contribution in [0.5, 0.6) is 0 Å². The van der Waals surface area contributed by atoms with E-state index in [1.165, 1.54) is 604 Å². The second-order valence-electron chi connectivity index (χ2n) is 43.0. The minimum atomic E-state index is 0.701. The fraction of sp³-hybridized carbons (Fsp3) is 1.00. The van der Waals surface area contributed by atoms with E-state index in [9.17, 15) is 0 Å². The summed E-state index contributed by atoms with van der Waals surface area (Å²) in [6.07, 6.45) is 134. The molecule has 0 aliphatic rings. The van der Waals surface area contributed by atoms with Crippen LogP contribution in [0.2, 0.25) is 0 Å². The first-order chi connectivity index (χ1) is 64.8. The van der Waals surface area contributed by atoms with Crippen LogP contribution in [0.1, 0.15) is 832 Å². The summed E-state index contributed by atoms with van der Waals surface area (Å²) in [5, 5.41) is 0. The summed E-state index contributed by atoms with van der Waals surface area (Å²) in [5.41, 5.74) is 0.701. The summed E-state index contributed by atoms with van der Waals surface area (Å²) >= 11 is 0. The minimum Gasteiger partial charge on any atom is -0.0654 e. The Morgan fingerprint density at radius 1 is 0.105 bits per heavy atom. The third-order valence-electron chi connectivity index (χ3n) is 27.5. The van der Waals surface area contributed by atoms with Crippen LogP contribution in [0.15, 0.2) is 0 Å². The fourth-order valence-electron chi connectivity index (χ4n) is 18.0. The van der Waals surface area contributed by atoms with Crippen LogP contribution in [0, 0.1) is 35.0 Å². The highest BCUT2D eigenvalue weighted by atomic mass is 14.3. The Morgan fingerprint density at radius 2 is 0.241 bits per heavy atom. The van der Waals surface area contributed by atoms with E-state index < -0.39 is 0 Å². The molecule has 0 amide bonds. The molecular formula is C133H292. The van der Waals surface area contributed by atoms with Gasteiger partial charge in [0.1, 0.15) is 0 Å². The van der Waals surface area contributed by atoms with Crippen LogP contribution < -0.4 is 0 Å². The molecule has 824 valence electrons. The van der Waals surface area contributed by atoms with Gasteiger partial charge in [0.15, 0.2) is 0 Å². The van der Waals surface area contributed by atoms with E-state index in [0.29, 0.717) is 5.41 Å². The van der Waals surface area contributed by atoms with Crippen molar-refractivity contribution in [2.75, 3.05) is 0 Å². The molecule has 133 heavy (non-hydrogen) atoms. The molecule has 0 aliphatic heterocycles. The molecule has 0 aromatic carbocycles. The molecule has 0 bridgehead atoms. The summed E-state index contributed by atoms with van der Waals surface area (Å²) < 4.78 is 0. The van der Waals surface area contributed by atoms with E-state index in [1.54, 1.807) is 0 Å². The number of rotatable bonds is 87. The molecule has 0 N–H and O–H groups in total. The molecule has 0 aromatic rings. The highest BCUT2D eigenvalue weighted by Crippen LogP contribution is 2.39. The molecular weight excluding hydrogens is 1600 g/mol. The lowest BCUT2D eigenvalue weighted by atomic mass is 9.72. The van der Waals surface area contributed by atoms with Crippen molar-refractivity contribution in [3.05, 3.63) is 0 Å². The summed E-state index contributed by atoms with van der Waals surface area (Å²) in [5.74, 6) is 4.97. The van der Waals surface area contributed by atoms with Gasteiger partial charge >= 0.3 is 0 Å². The van der Waals surface area contributed by atoms with Crippen molar-refractivity contribution in [3.63, 3.8) is 0 Å². The van der Waals surface area contributed by atoms with Gasteiger partial charge in [0, 0.05) is 0 Å². The van der Waals surface area contributed by atoms with Gasteiger partial charge in [0.2, 0.25) is 0 Å². The Bertz CT molecular complexity index is 1460. The van der Waals surface area contributed by atoms with E-state index in [4.69, 9.17) is 0 Å². The zero-order chi connectivity index (χ0) is 103. The van der Waals surface area contributed by atoms with Gasteiger partial charge in [-0.25, -0.2) is 0 Å². The third-order valence-corrected chi connectivity index (χ3v) is 27.5. The largest absolute Gasteiger partial charge is 0.0654 e. The molecule has 0 heteroatoms. The van der Waals surface area contributed by atoms with Crippen LogP contribution >= 0.6 is 0 Å². The second-order valence-corrected chi connectivity index (χ2v) is 43.0. The van der Waals surface area contributed by atoms with Crippen molar-refractivity contribution in [3.8, 4) is 0 Å². The summed E-state index contributed by atoms with van der Waals surface area (Å²) in [6.45, 7) is 75.4. The van der Waals surface area contributed by atoms with E-state index in [-0.39, 0.29) is 0 Å². The minimum absolute atomic E-state index is 0.701. The van der Waals surface area contributed by atoms with Crippen LogP contribution in [-0.4, -0.2) is 0 Å². The first kappa shape index (κ1) is 161. The van der Waals surface area contributed by atoms with E-state index in [1.807, 2.05) is 0 Å². The number of hydrogen-bond donors (Lipinski definition) is 0. The predicted octanol–water partition coefficient (Wildman–Crippen LogP) is 54.2. The maximum Gasteiger partial charge on any atom is -0.0298 e. The molecule has 0 aromatic heterocycles. The van der Waals surface area contributed by atoms with Crippen LogP contribution in [-0.2, 0) is 0 Å². The van der Waals surface area contributed by atoms with Crippen molar-refractivity contribution in [1.82, 2.24) is 0 Å². The standard InChI is InChI=1S/C16H34.2C15H32.C13H28.2C11H24.2C10H22.C8H18.2C7H16.C6H14.C4H10/c1-4-7-10-13-16(14-11-8-5-2)15-12-9-6-3;1-4-6-8-10-12-14-15(3)13-11-9-7-5-2;1-3-5-7-9-11-13-15-14-12-10-8-6-4-2;1-5-9-13(10-6-2,11-7-3)12-8-4;1-4-6-8-10-11(3)9-7-5-2;1-3-5-7-9-11-10-8-6-4-2;1-4-7-10(8-5-2)9-6-3;1-3-5-7-9-10-8-6-4-2;1-3-5-7-8-6-4-2;1-4-6-7(3)5-2;1-3-5-7-6-4-2;1-3-5-6-4-2;1-3-4-2/h16H,4-15H2,1-3H3;15H,4-14H2,1-3H3;3-15H2,1-2H3;5-12H2,1-4H3;11H,4-10H2,1-3H3;3-11H2,1-2H3;10H,4-9H2,1-3H3;3-10H2,1-2H3;3-8H2,1-2H3;7H,4-6H2,1-3H3;3-7H2,1-2H3;3-6H2,1-2H3;3-4H2,1-2H3. The fourth-order valence-corrected chi connectivity index (χ4v) is 18.0. The topological polar surface area (TPSA) is 0 Å². The number of hydrogen-bond acceptors (Lipinski definition) is 0. The smallest absolute Gasteiger partial charge is 0.0298 e. The maximum atomic E-state index is 2.44. The molecule has 0 nitrogen and oxygen atoms in total. The molecule has 0 aliphatic carbocycles. The Morgan fingerprint density at radius 3 is 0.406 bits per heavy atom. The van der Waals surface area contributed by atoms with E-state index in [0.717, 1.165) is 29.6 Å². The van der Waals surface area contributed by atoms with Gasteiger partial charge in [-0.3, -0.25) is 0 Å². The average Bonchev–Trinajstić information content (AvgIpc) is 0.882. The molecule has 0 saturated carbocycles. The Labute approximate surface area is 861 Å². The summed E-state index contributed by atoms with van der Waals surface area (Å²) in [4.78, 5) is 0. The van der Waals surface area contributed by atoms with Crippen molar-refractivity contribution in [2.45, 2.75) is 832 Å². The van der Waals surface area contributed by atoms with Gasteiger partial charge in [-0.15, -0.1) is 0 Å². The quantitative estimate of drug-likeness (QED) is 0.0533. The Hall–Kier alpha value is 0. The average molecular weight is 1890 g/mol. The van der Waals surface area contributed by atoms with Crippen molar-refractivity contribution >= 4 is 0 Å². The first-order valence-corrected chi connectivity index (χ1v) is 64.8.